The molecule has 0 saturated carbocycles. The molecule has 2 aromatic carbocycles. The first-order chi connectivity index (χ1) is 9.95. The van der Waals surface area contributed by atoms with E-state index in [1.165, 1.54) is 12.1 Å². The first-order valence-electron chi connectivity index (χ1n) is 6.47. The van der Waals surface area contributed by atoms with E-state index in [1.54, 1.807) is 19.2 Å². The Hall–Kier alpha value is -2.01. The number of benzene rings is 2. The molecule has 0 aliphatic heterocycles. The van der Waals surface area contributed by atoms with E-state index in [1.807, 2.05) is 24.3 Å². The molecule has 2 rings (SSSR count). The van der Waals surface area contributed by atoms with E-state index < -0.39 is 18.6 Å². The zero-order chi connectivity index (χ0) is 15.5. The van der Waals surface area contributed by atoms with Crippen molar-refractivity contribution in [3.05, 3.63) is 54.1 Å². The van der Waals surface area contributed by atoms with Gasteiger partial charge < -0.3 is 10.5 Å². The van der Waals surface area contributed by atoms with Crippen LogP contribution in [0.15, 0.2) is 48.5 Å². The number of halogens is 3. The Labute approximate surface area is 121 Å². The molecule has 2 N–H and O–H groups in total. The maximum absolute atomic E-state index is 12.8. The van der Waals surface area contributed by atoms with Crippen molar-refractivity contribution in [1.29, 1.82) is 0 Å². The third-order valence-corrected chi connectivity index (χ3v) is 3.37. The number of hydrogen-bond acceptors (Lipinski definition) is 2. The molecule has 0 aliphatic carbocycles. The molecule has 1 atom stereocenters. The molecule has 0 saturated heterocycles. The lowest BCUT2D eigenvalue weighted by molar-refractivity contribution is -0.148. The lowest BCUT2D eigenvalue weighted by Gasteiger charge is -2.19. The maximum Gasteiger partial charge on any atom is 0.396 e. The van der Waals surface area contributed by atoms with Crippen molar-refractivity contribution in [3.63, 3.8) is 0 Å². The topological polar surface area (TPSA) is 35.2 Å². The number of ether oxygens (including phenoxy) is 1. The normalized spacial score (nSPS) is 13.0. The van der Waals surface area contributed by atoms with Crippen LogP contribution in [0.4, 0.5) is 13.2 Å². The first kappa shape index (κ1) is 15.4. The van der Waals surface area contributed by atoms with Crippen LogP contribution in [-0.2, 0) is 0 Å². The van der Waals surface area contributed by atoms with Crippen molar-refractivity contribution in [2.75, 3.05) is 13.7 Å². The van der Waals surface area contributed by atoms with Gasteiger partial charge in [-0.25, -0.2) is 0 Å². The highest BCUT2D eigenvalue weighted by atomic mass is 19.4. The van der Waals surface area contributed by atoms with Crippen molar-refractivity contribution < 1.29 is 17.9 Å². The zero-order valence-corrected chi connectivity index (χ0v) is 11.5. The van der Waals surface area contributed by atoms with Crippen molar-refractivity contribution in [1.82, 2.24) is 0 Å². The van der Waals surface area contributed by atoms with E-state index in [0.717, 1.165) is 16.9 Å². The van der Waals surface area contributed by atoms with Crippen LogP contribution in [0, 0.1) is 0 Å². The maximum atomic E-state index is 12.8. The van der Waals surface area contributed by atoms with Gasteiger partial charge in [-0.15, -0.1) is 0 Å². The van der Waals surface area contributed by atoms with Gasteiger partial charge in [-0.05, 0) is 28.8 Å². The van der Waals surface area contributed by atoms with Gasteiger partial charge >= 0.3 is 6.18 Å². The summed E-state index contributed by atoms with van der Waals surface area (Å²) in [5.41, 5.74) is 7.18. The van der Waals surface area contributed by atoms with Gasteiger partial charge in [0, 0.05) is 6.54 Å². The first-order valence-corrected chi connectivity index (χ1v) is 6.47. The van der Waals surface area contributed by atoms with Gasteiger partial charge in [-0.1, -0.05) is 36.4 Å². The highest BCUT2D eigenvalue weighted by Crippen LogP contribution is 2.34. The van der Waals surface area contributed by atoms with Crippen molar-refractivity contribution >= 4 is 0 Å². The molecule has 1 unspecified atom stereocenters. The fourth-order valence-electron chi connectivity index (χ4n) is 2.15. The van der Waals surface area contributed by atoms with E-state index in [2.05, 4.69) is 0 Å². The van der Waals surface area contributed by atoms with Crippen LogP contribution in [-0.4, -0.2) is 19.8 Å². The predicted molar refractivity (Wildman–Crippen MR) is 76.3 cm³/mol. The van der Waals surface area contributed by atoms with Gasteiger partial charge in [0.15, 0.2) is 0 Å². The molecule has 2 nitrogen and oxygen atoms in total. The summed E-state index contributed by atoms with van der Waals surface area (Å²) in [4.78, 5) is 0. The SMILES string of the molecule is COc1ccc(-c2ccc(C(CN)C(F)(F)F)cc2)cc1. The summed E-state index contributed by atoms with van der Waals surface area (Å²) >= 11 is 0. The summed E-state index contributed by atoms with van der Waals surface area (Å²) in [6, 6.07) is 13.6. The summed E-state index contributed by atoms with van der Waals surface area (Å²) in [6.45, 7) is -0.453. The van der Waals surface area contributed by atoms with Gasteiger partial charge in [0.1, 0.15) is 5.75 Å². The molecule has 0 spiro atoms. The summed E-state index contributed by atoms with van der Waals surface area (Å²) in [5.74, 6) is -0.891. The zero-order valence-electron chi connectivity index (χ0n) is 11.5. The lowest BCUT2D eigenvalue weighted by Crippen LogP contribution is -2.27. The third kappa shape index (κ3) is 3.55. The minimum absolute atomic E-state index is 0.183. The van der Waals surface area contributed by atoms with E-state index >= 15 is 0 Å². The fraction of sp³-hybridized carbons (Fsp3) is 0.250. The van der Waals surface area contributed by atoms with Gasteiger partial charge in [0.05, 0.1) is 13.0 Å². The number of alkyl halides is 3. The molecule has 21 heavy (non-hydrogen) atoms. The van der Waals surface area contributed by atoms with Gasteiger partial charge in [0.2, 0.25) is 0 Å². The van der Waals surface area contributed by atoms with Crippen molar-refractivity contribution in [2.45, 2.75) is 12.1 Å². The van der Waals surface area contributed by atoms with Crippen LogP contribution >= 0.6 is 0 Å². The number of rotatable bonds is 4. The third-order valence-electron chi connectivity index (χ3n) is 3.37. The molecular formula is C16H16F3NO. The van der Waals surface area contributed by atoms with Crippen molar-refractivity contribution in [3.8, 4) is 16.9 Å². The molecule has 0 amide bonds. The summed E-state index contributed by atoms with van der Waals surface area (Å²) < 4.78 is 43.5. The van der Waals surface area contributed by atoms with Gasteiger partial charge in [0.25, 0.3) is 0 Å². The highest BCUT2D eigenvalue weighted by molar-refractivity contribution is 5.64. The minimum Gasteiger partial charge on any atom is -0.497 e. The molecule has 5 heteroatoms. The Bertz CT molecular complexity index is 576. The predicted octanol–water partition coefficient (Wildman–Crippen LogP) is 3.97. The molecule has 2 aromatic rings. The smallest absolute Gasteiger partial charge is 0.396 e. The quantitative estimate of drug-likeness (QED) is 0.926. The molecular weight excluding hydrogens is 279 g/mol. The molecule has 0 bridgehead atoms. The molecule has 112 valence electrons. The van der Waals surface area contributed by atoms with Crippen LogP contribution < -0.4 is 10.5 Å². The summed E-state index contributed by atoms with van der Waals surface area (Å²) in [5, 5.41) is 0. The molecule has 0 heterocycles. The average molecular weight is 295 g/mol. The standard InChI is InChI=1S/C16H16F3NO/c1-21-14-8-6-12(7-9-14)11-2-4-13(5-3-11)15(10-20)16(17,18)19/h2-9,15H,10,20H2,1H3. The fourth-order valence-corrected chi connectivity index (χ4v) is 2.15. The van der Waals surface area contributed by atoms with Gasteiger partial charge in [-0.3, -0.25) is 0 Å². The number of hydrogen-bond donors (Lipinski definition) is 1. The van der Waals surface area contributed by atoms with E-state index in [9.17, 15) is 13.2 Å². The second-order valence-electron chi connectivity index (χ2n) is 4.68. The summed E-state index contributed by atoms with van der Waals surface area (Å²) in [6.07, 6.45) is -4.32. The molecule has 0 fully saturated rings. The monoisotopic (exact) mass is 295 g/mol. The highest BCUT2D eigenvalue weighted by Gasteiger charge is 2.39. The Morgan fingerprint density at radius 2 is 1.43 bits per heavy atom. The molecule has 0 radical (unpaired) electrons. The number of nitrogens with two attached hydrogens (primary N) is 1. The second-order valence-corrected chi connectivity index (χ2v) is 4.68. The van der Waals surface area contributed by atoms with Crippen LogP contribution in [0.5, 0.6) is 5.75 Å². The Morgan fingerprint density at radius 3 is 1.81 bits per heavy atom. The minimum atomic E-state index is -4.32. The Morgan fingerprint density at radius 1 is 0.952 bits per heavy atom. The van der Waals surface area contributed by atoms with E-state index in [-0.39, 0.29) is 5.56 Å². The van der Waals surface area contributed by atoms with Crippen molar-refractivity contribution in [2.24, 2.45) is 5.73 Å². The lowest BCUT2D eigenvalue weighted by atomic mass is 9.96. The van der Waals surface area contributed by atoms with Gasteiger partial charge in [-0.2, -0.15) is 13.2 Å². The number of methoxy groups -OCH3 is 1. The largest absolute Gasteiger partial charge is 0.497 e. The van der Waals surface area contributed by atoms with E-state index in [0.29, 0.717) is 0 Å². The van der Waals surface area contributed by atoms with Crippen LogP contribution in [0.1, 0.15) is 11.5 Å². The molecule has 0 aromatic heterocycles. The van der Waals surface area contributed by atoms with Crippen LogP contribution in [0.25, 0.3) is 11.1 Å². The second kappa shape index (κ2) is 6.18. The Kier molecular flexibility index (Phi) is 4.53. The molecule has 0 aliphatic rings. The van der Waals surface area contributed by atoms with Crippen LogP contribution in [0.2, 0.25) is 0 Å². The van der Waals surface area contributed by atoms with Crippen LogP contribution in [0.3, 0.4) is 0 Å². The summed E-state index contributed by atoms with van der Waals surface area (Å²) in [7, 11) is 1.58. The average Bonchev–Trinajstić information content (AvgIpc) is 2.47. The van der Waals surface area contributed by atoms with E-state index in [4.69, 9.17) is 10.5 Å². The Balaban J connectivity index is 2.25.